The lowest BCUT2D eigenvalue weighted by Gasteiger charge is -2.17. The van der Waals surface area contributed by atoms with Gasteiger partial charge in [0.1, 0.15) is 24.7 Å². The predicted octanol–water partition coefficient (Wildman–Crippen LogP) is 5.55. The molecule has 0 saturated carbocycles. The van der Waals surface area contributed by atoms with Crippen molar-refractivity contribution in [2.24, 2.45) is 0 Å². The van der Waals surface area contributed by atoms with Crippen LogP contribution < -0.4 is 25.0 Å². The molecule has 0 aliphatic heterocycles. The van der Waals surface area contributed by atoms with Crippen LogP contribution in [0.5, 0.6) is 11.5 Å². The number of ether oxygens (including phenoxy) is 2. The molecule has 0 aliphatic rings. The SMILES string of the molecule is CN(C(=O)c1ccc(NC(=S)NC(=O)c2ccccc2OCCOc2ccccc2)cc1)c1ccccc1. The molecule has 0 radical (unpaired) electrons. The lowest BCUT2D eigenvalue weighted by atomic mass is 10.1. The summed E-state index contributed by atoms with van der Waals surface area (Å²) in [7, 11) is 1.73. The van der Waals surface area contributed by atoms with E-state index in [-0.39, 0.29) is 17.6 Å². The number of rotatable bonds is 9. The Kier molecular flexibility index (Phi) is 9.04. The molecule has 4 aromatic carbocycles. The zero-order chi connectivity index (χ0) is 26.7. The van der Waals surface area contributed by atoms with Crippen molar-refractivity contribution >= 4 is 40.5 Å². The van der Waals surface area contributed by atoms with E-state index in [4.69, 9.17) is 21.7 Å². The van der Waals surface area contributed by atoms with Gasteiger partial charge < -0.3 is 19.7 Å². The minimum absolute atomic E-state index is 0.123. The third kappa shape index (κ3) is 7.18. The van der Waals surface area contributed by atoms with E-state index in [1.807, 2.05) is 60.7 Å². The zero-order valence-corrected chi connectivity index (χ0v) is 21.6. The Bertz CT molecular complexity index is 1380. The number of hydrogen-bond acceptors (Lipinski definition) is 5. The molecule has 2 amide bonds. The molecule has 192 valence electrons. The Hall–Kier alpha value is -4.69. The first-order valence-corrected chi connectivity index (χ1v) is 12.4. The molecule has 7 nitrogen and oxygen atoms in total. The van der Waals surface area contributed by atoms with Crippen molar-refractivity contribution in [3.05, 3.63) is 120 Å². The summed E-state index contributed by atoms with van der Waals surface area (Å²) in [6.07, 6.45) is 0. The Labute approximate surface area is 227 Å². The normalized spacial score (nSPS) is 10.2. The monoisotopic (exact) mass is 525 g/mol. The van der Waals surface area contributed by atoms with Gasteiger partial charge in [0, 0.05) is 24.0 Å². The third-order valence-electron chi connectivity index (χ3n) is 5.55. The maximum Gasteiger partial charge on any atom is 0.261 e. The van der Waals surface area contributed by atoms with Crippen molar-refractivity contribution < 1.29 is 19.1 Å². The molecule has 0 fully saturated rings. The molecule has 0 saturated heterocycles. The first-order valence-electron chi connectivity index (χ1n) is 12.0. The average Bonchev–Trinajstić information content (AvgIpc) is 2.96. The van der Waals surface area contributed by atoms with Gasteiger partial charge in [0.2, 0.25) is 0 Å². The quantitative estimate of drug-likeness (QED) is 0.220. The van der Waals surface area contributed by atoms with Crippen molar-refractivity contribution in [3.8, 4) is 11.5 Å². The van der Waals surface area contributed by atoms with Crippen LogP contribution in [0.2, 0.25) is 0 Å². The predicted molar refractivity (Wildman–Crippen MR) is 153 cm³/mol. The van der Waals surface area contributed by atoms with Gasteiger partial charge in [-0.15, -0.1) is 0 Å². The number of anilines is 2. The minimum atomic E-state index is -0.404. The standard InChI is InChI=1S/C30H27N3O4S/c1-33(24-10-4-2-5-11-24)29(35)22-16-18-23(19-17-22)31-30(38)32-28(34)26-14-8-9-15-27(26)37-21-20-36-25-12-6-3-7-13-25/h2-19H,20-21H2,1H3,(H2,31,32,34,38). The lowest BCUT2D eigenvalue weighted by molar-refractivity contribution is 0.0969. The second kappa shape index (κ2) is 13.0. The van der Waals surface area contributed by atoms with Gasteiger partial charge in [-0.1, -0.05) is 48.5 Å². The molecule has 0 heterocycles. The zero-order valence-electron chi connectivity index (χ0n) is 20.8. The van der Waals surface area contributed by atoms with Crippen LogP contribution in [-0.4, -0.2) is 37.2 Å². The Balaban J connectivity index is 1.29. The van der Waals surface area contributed by atoms with Gasteiger partial charge in [0.15, 0.2) is 5.11 Å². The van der Waals surface area contributed by atoms with Gasteiger partial charge in [-0.05, 0) is 72.9 Å². The van der Waals surface area contributed by atoms with Gasteiger partial charge in [0.25, 0.3) is 11.8 Å². The second-order valence-electron chi connectivity index (χ2n) is 8.19. The van der Waals surface area contributed by atoms with Crippen molar-refractivity contribution in [2.45, 2.75) is 0 Å². The van der Waals surface area contributed by atoms with E-state index in [0.29, 0.717) is 29.2 Å². The number of para-hydroxylation sites is 3. The topological polar surface area (TPSA) is 79.9 Å². The molecular formula is C30H27N3O4S. The van der Waals surface area contributed by atoms with E-state index in [1.54, 1.807) is 60.5 Å². The minimum Gasteiger partial charge on any atom is -0.490 e. The maximum atomic E-state index is 12.9. The summed E-state index contributed by atoms with van der Waals surface area (Å²) in [5, 5.41) is 5.77. The highest BCUT2D eigenvalue weighted by molar-refractivity contribution is 7.80. The smallest absolute Gasteiger partial charge is 0.261 e. The fourth-order valence-corrected chi connectivity index (χ4v) is 3.81. The largest absolute Gasteiger partial charge is 0.490 e. The summed E-state index contributed by atoms with van der Waals surface area (Å²) in [6, 6.07) is 32.6. The summed E-state index contributed by atoms with van der Waals surface area (Å²) in [5.41, 5.74) is 2.31. The van der Waals surface area contributed by atoms with Crippen LogP contribution in [0, 0.1) is 0 Å². The molecular weight excluding hydrogens is 498 g/mol. The number of benzene rings is 4. The summed E-state index contributed by atoms with van der Waals surface area (Å²) in [6.45, 7) is 0.603. The van der Waals surface area contributed by atoms with Crippen LogP contribution in [0.1, 0.15) is 20.7 Å². The number of thiocarbonyl (C=S) groups is 1. The van der Waals surface area contributed by atoms with Gasteiger partial charge in [0.05, 0.1) is 5.56 Å². The fraction of sp³-hybridized carbons (Fsp3) is 0.100. The molecule has 0 aliphatic carbocycles. The molecule has 0 bridgehead atoms. The van der Waals surface area contributed by atoms with Crippen LogP contribution >= 0.6 is 12.2 Å². The van der Waals surface area contributed by atoms with E-state index < -0.39 is 5.91 Å². The first kappa shape index (κ1) is 26.4. The summed E-state index contributed by atoms with van der Waals surface area (Å²) >= 11 is 5.33. The molecule has 0 unspecified atom stereocenters. The van der Waals surface area contributed by atoms with Crippen molar-refractivity contribution in [2.75, 3.05) is 30.5 Å². The van der Waals surface area contributed by atoms with Crippen LogP contribution in [-0.2, 0) is 0 Å². The van der Waals surface area contributed by atoms with Crippen LogP contribution in [0.4, 0.5) is 11.4 Å². The molecule has 0 atom stereocenters. The molecule has 4 aromatic rings. The lowest BCUT2D eigenvalue weighted by Crippen LogP contribution is -2.34. The number of amides is 2. The highest BCUT2D eigenvalue weighted by atomic mass is 32.1. The van der Waals surface area contributed by atoms with Crippen molar-refractivity contribution in [3.63, 3.8) is 0 Å². The Morgan fingerprint density at radius 3 is 2.08 bits per heavy atom. The van der Waals surface area contributed by atoms with E-state index in [2.05, 4.69) is 10.6 Å². The van der Waals surface area contributed by atoms with Gasteiger partial charge in [-0.3, -0.25) is 14.9 Å². The van der Waals surface area contributed by atoms with Crippen LogP contribution in [0.25, 0.3) is 0 Å². The Morgan fingerprint density at radius 1 is 0.763 bits per heavy atom. The van der Waals surface area contributed by atoms with Crippen LogP contribution in [0.3, 0.4) is 0 Å². The van der Waals surface area contributed by atoms with E-state index in [1.165, 1.54) is 0 Å². The third-order valence-corrected chi connectivity index (χ3v) is 5.75. The first-order chi connectivity index (χ1) is 18.5. The highest BCUT2D eigenvalue weighted by Crippen LogP contribution is 2.19. The van der Waals surface area contributed by atoms with E-state index in [0.717, 1.165) is 11.4 Å². The summed E-state index contributed by atoms with van der Waals surface area (Å²) in [5.74, 6) is 0.636. The molecule has 0 aromatic heterocycles. The number of carbonyl (C=O) groups is 2. The van der Waals surface area contributed by atoms with Crippen molar-refractivity contribution in [1.82, 2.24) is 5.32 Å². The number of hydrogen-bond donors (Lipinski definition) is 2. The van der Waals surface area contributed by atoms with Crippen LogP contribution in [0.15, 0.2) is 109 Å². The fourth-order valence-electron chi connectivity index (χ4n) is 3.60. The molecule has 8 heteroatoms. The molecule has 2 N–H and O–H groups in total. The molecule has 38 heavy (non-hydrogen) atoms. The van der Waals surface area contributed by atoms with Gasteiger partial charge in [-0.2, -0.15) is 0 Å². The van der Waals surface area contributed by atoms with E-state index in [9.17, 15) is 9.59 Å². The maximum absolute atomic E-state index is 12.9. The van der Waals surface area contributed by atoms with Crippen molar-refractivity contribution in [1.29, 1.82) is 0 Å². The number of nitrogens with zero attached hydrogens (tertiary/aromatic N) is 1. The number of carbonyl (C=O) groups excluding carboxylic acids is 2. The van der Waals surface area contributed by atoms with Gasteiger partial charge >= 0.3 is 0 Å². The Morgan fingerprint density at radius 2 is 1.37 bits per heavy atom. The average molecular weight is 526 g/mol. The van der Waals surface area contributed by atoms with E-state index >= 15 is 0 Å². The molecule has 0 spiro atoms. The van der Waals surface area contributed by atoms with Gasteiger partial charge in [-0.25, -0.2) is 0 Å². The summed E-state index contributed by atoms with van der Waals surface area (Å²) in [4.78, 5) is 27.2. The number of nitrogens with one attached hydrogen (secondary N) is 2. The summed E-state index contributed by atoms with van der Waals surface area (Å²) < 4.78 is 11.4. The second-order valence-corrected chi connectivity index (χ2v) is 8.60. The molecule has 4 rings (SSSR count). The highest BCUT2D eigenvalue weighted by Gasteiger charge is 2.15.